The monoisotopic (exact) mass is 529 g/mol. The molecule has 0 atom stereocenters. The number of carbonyl (C=O) groups excluding carboxylic acids is 2. The molecule has 1 amide bonds. The fourth-order valence-electron chi connectivity index (χ4n) is 3.69. The van der Waals surface area contributed by atoms with Crippen molar-refractivity contribution >= 4 is 40.8 Å². The maximum Gasteiger partial charge on any atom is 0.326 e. The SMILES string of the molecule is CCOC(=O)CN(C(=O)c1cccc(C)c1)c1cc(Cl)c(Oc2ccc(OC)c(C(C)C)c2)c(Cl)c1. The van der Waals surface area contributed by atoms with E-state index in [9.17, 15) is 9.59 Å². The van der Waals surface area contributed by atoms with Crippen LogP contribution in [-0.2, 0) is 9.53 Å². The summed E-state index contributed by atoms with van der Waals surface area (Å²) in [5.41, 5.74) is 2.65. The quantitative estimate of drug-likeness (QED) is 0.269. The maximum absolute atomic E-state index is 13.4. The van der Waals surface area contributed by atoms with Gasteiger partial charge >= 0.3 is 5.97 Å². The third-order valence-corrected chi connectivity index (χ3v) is 6.00. The van der Waals surface area contributed by atoms with Crippen molar-refractivity contribution < 1.29 is 23.8 Å². The molecule has 3 aromatic rings. The second-order valence-electron chi connectivity index (χ2n) is 8.46. The van der Waals surface area contributed by atoms with E-state index in [4.69, 9.17) is 37.4 Å². The van der Waals surface area contributed by atoms with Gasteiger partial charge in [0.15, 0.2) is 5.75 Å². The first-order valence-electron chi connectivity index (χ1n) is 11.5. The molecule has 0 N–H and O–H groups in total. The predicted octanol–water partition coefficient (Wildman–Crippen LogP) is 7.44. The molecule has 0 radical (unpaired) electrons. The summed E-state index contributed by atoms with van der Waals surface area (Å²) in [6.07, 6.45) is 0. The Morgan fingerprint density at radius 3 is 2.28 bits per heavy atom. The smallest absolute Gasteiger partial charge is 0.326 e. The Hall–Kier alpha value is -3.22. The summed E-state index contributed by atoms with van der Waals surface area (Å²) in [4.78, 5) is 27.0. The van der Waals surface area contributed by atoms with Crippen molar-refractivity contribution in [2.45, 2.75) is 33.6 Å². The molecular weight excluding hydrogens is 501 g/mol. The lowest BCUT2D eigenvalue weighted by Crippen LogP contribution is -2.36. The van der Waals surface area contributed by atoms with Gasteiger partial charge in [-0.15, -0.1) is 0 Å². The van der Waals surface area contributed by atoms with Crippen LogP contribution < -0.4 is 14.4 Å². The molecular formula is C28H29Cl2NO5. The number of hydrogen-bond acceptors (Lipinski definition) is 5. The third-order valence-electron chi connectivity index (χ3n) is 5.44. The van der Waals surface area contributed by atoms with Gasteiger partial charge in [0.25, 0.3) is 5.91 Å². The number of esters is 1. The molecule has 0 bridgehead atoms. The standard InChI is InChI=1S/C28H29Cl2NO5/c1-6-35-26(32)16-31(28(33)19-9-7-8-18(4)12-19)20-13-23(29)27(24(30)14-20)36-21-10-11-25(34-5)22(15-21)17(2)3/h7-15,17H,6,16H2,1-5H3. The number of ether oxygens (including phenoxy) is 3. The number of rotatable bonds is 9. The number of halogens is 2. The van der Waals surface area contributed by atoms with Crippen LogP contribution in [0, 0.1) is 6.92 Å². The van der Waals surface area contributed by atoms with Crippen LogP contribution in [0.5, 0.6) is 17.2 Å². The van der Waals surface area contributed by atoms with Gasteiger partial charge in [0, 0.05) is 16.8 Å². The molecule has 0 aliphatic heterocycles. The van der Waals surface area contributed by atoms with Crippen LogP contribution in [-0.4, -0.2) is 32.1 Å². The number of benzene rings is 3. The topological polar surface area (TPSA) is 65.1 Å². The van der Waals surface area contributed by atoms with Crippen molar-refractivity contribution in [1.29, 1.82) is 0 Å². The number of methoxy groups -OCH3 is 1. The Labute approximate surface area is 221 Å². The van der Waals surface area contributed by atoms with Gasteiger partial charge in [0.2, 0.25) is 0 Å². The molecule has 190 valence electrons. The van der Waals surface area contributed by atoms with E-state index >= 15 is 0 Å². The van der Waals surface area contributed by atoms with Gasteiger partial charge in [-0.2, -0.15) is 0 Å². The van der Waals surface area contributed by atoms with Gasteiger partial charge in [0.1, 0.15) is 18.0 Å². The first kappa shape index (κ1) is 27.4. The van der Waals surface area contributed by atoms with Crippen molar-refractivity contribution in [2.75, 3.05) is 25.2 Å². The van der Waals surface area contributed by atoms with Crippen LogP contribution in [0.1, 0.15) is 48.2 Å². The Morgan fingerprint density at radius 2 is 1.69 bits per heavy atom. The van der Waals surface area contributed by atoms with Gasteiger partial charge in [0.05, 0.1) is 23.8 Å². The summed E-state index contributed by atoms with van der Waals surface area (Å²) < 4.78 is 16.5. The van der Waals surface area contributed by atoms with Gasteiger partial charge in [-0.3, -0.25) is 14.5 Å². The van der Waals surface area contributed by atoms with Crippen molar-refractivity contribution in [3.05, 3.63) is 81.3 Å². The number of carbonyl (C=O) groups is 2. The van der Waals surface area contributed by atoms with Gasteiger partial charge in [-0.05, 0) is 62.2 Å². The fourth-order valence-corrected chi connectivity index (χ4v) is 4.25. The molecule has 8 heteroatoms. The van der Waals surface area contributed by atoms with E-state index in [1.54, 1.807) is 50.4 Å². The molecule has 36 heavy (non-hydrogen) atoms. The van der Waals surface area contributed by atoms with Gasteiger partial charge in [-0.25, -0.2) is 0 Å². The van der Waals surface area contributed by atoms with Crippen LogP contribution in [0.15, 0.2) is 54.6 Å². The average Bonchev–Trinajstić information content (AvgIpc) is 2.84. The van der Waals surface area contributed by atoms with Crippen molar-refractivity contribution in [2.24, 2.45) is 0 Å². The molecule has 0 spiro atoms. The summed E-state index contributed by atoms with van der Waals surface area (Å²) in [7, 11) is 1.62. The van der Waals surface area contributed by atoms with Crippen LogP contribution >= 0.6 is 23.2 Å². The summed E-state index contributed by atoms with van der Waals surface area (Å²) >= 11 is 13.1. The zero-order chi connectivity index (χ0) is 26.4. The highest BCUT2D eigenvalue weighted by molar-refractivity contribution is 6.37. The lowest BCUT2D eigenvalue weighted by molar-refractivity contribution is -0.141. The molecule has 0 saturated heterocycles. The van der Waals surface area contributed by atoms with Crippen molar-refractivity contribution in [3.8, 4) is 17.2 Å². The maximum atomic E-state index is 13.4. The summed E-state index contributed by atoms with van der Waals surface area (Å²) in [5, 5.41) is 0.371. The molecule has 0 aliphatic carbocycles. The van der Waals surface area contributed by atoms with E-state index in [-0.39, 0.29) is 40.8 Å². The zero-order valence-electron chi connectivity index (χ0n) is 20.9. The van der Waals surface area contributed by atoms with Crippen LogP contribution in [0.2, 0.25) is 10.0 Å². The van der Waals surface area contributed by atoms with E-state index in [1.807, 2.05) is 25.1 Å². The predicted molar refractivity (Wildman–Crippen MR) is 143 cm³/mol. The Bertz CT molecular complexity index is 1240. The molecule has 3 rings (SSSR count). The first-order valence-corrected chi connectivity index (χ1v) is 12.3. The Balaban J connectivity index is 1.98. The number of nitrogens with zero attached hydrogens (tertiary/aromatic N) is 1. The normalized spacial score (nSPS) is 10.8. The Morgan fingerprint density at radius 1 is 1.00 bits per heavy atom. The fraction of sp³-hybridized carbons (Fsp3) is 0.286. The molecule has 3 aromatic carbocycles. The summed E-state index contributed by atoms with van der Waals surface area (Å²) in [6, 6.07) is 15.6. The molecule has 0 aliphatic rings. The summed E-state index contributed by atoms with van der Waals surface area (Å²) in [5.74, 6) is 0.807. The minimum Gasteiger partial charge on any atom is -0.496 e. The van der Waals surface area contributed by atoms with Crippen LogP contribution in [0.25, 0.3) is 0 Å². The van der Waals surface area contributed by atoms with Crippen LogP contribution in [0.4, 0.5) is 5.69 Å². The number of hydrogen-bond donors (Lipinski definition) is 0. The highest BCUT2D eigenvalue weighted by atomic mass is 35.5. The molecule has 0 saturated carbocycles. The second kappa shape index (κ2) is 12.2. The minimum atomic E-state index is -0.550. The molecule has 6 nitrogen and oxygen atoms in total. The second-order valence-corrected chi connectivity index (χ2v) is 9.28. The lowest BCUT2D eigenvalue weighted by atomic mass is 10.0. The third kappa shape index (κ3) is 6.50. The van der Waals surface area contributed by atoms with E-state index in [2.05, 4.69) is 13.8 Å². The Kier molecular flexibility index (Phi) is 9.24. The molecule has 0 unspecified atom stereocenters. The lowest BCUT2D eigenvalue weighted by Gasteiger charge is -2.23. The highest BCUT2D eigenvalue weighted by Gasteiger charge is 2.24. The first-order chi connectivity index (χ1) is 17.1. The molecule has 0 aromatic heterocycles. The van der Waals surface area contributed by atoms with Gasteiger partial charge in [-0.1, -0.05) is 54.7 Å². The number of amides is 1. The van der Waals surface area contributed by atoms with Crippen molar-refractivity contribution in [3.63, 3.8) is 0 Å². The van der Waals surface area contributed by atoms with E-state index in [1.165, 1.54) is 4.90 Å². The van der Waals surface area contributed by atoms with Crippen molar-refractivity contribution in [1.82, 2.24) is 0 Å². The van der Waals surface area contributed by atoms with E-state index in [0.717, 1.165) is 16.9 Å². The minimum absolute atomic E-state index is 0.185. The van der Waals surface area contributed by atoms with E-state index < -0.39 is 5.97 Å². The van der Waals surface area contributed by atoms with Crippen LogP contribution in [0.3, 0.4) is 0 Å². The number of aryl methyl sites for hydroxylation is 1. The average molecular weight is 530 g/mol. The molecule has 0 fully saturated rings. The molecule has 0 heterocycles. The number of anilines is 1. The highest BCUT2D eigenvalue weighted by Crippen LogP contribution is 2.41. The zero-order valence-corrected chi connectivity index (χ0v) is 22.4. The summed E-state index contributed by atoms with van der Waals surface area (Å²) in [6.45, 7) is 7.59. The van der Waals surface area contributed by atoms with E-state index in [0.29, 0.717) is 17.0 Å². The van der Waals surface area contributed by atoms with Gasteiger partial charge < -0.3 is 14.2 Å². The largest absolute Gasteiger partial charge is 0.496 e.